The number of amides is 15. The van der Waals surface area contributed by atoms with Gasteiger partial charge in [-0.15, -0.1) is 0 Å². The summed E-state index contributed by atoms with van der Waals surface area (Å²) < 4.78 is 0. The molecule has 0 aliphatic carbocycles. The van der Waals surface area contributed by atoms with Crippen LogP contribution in [0.5, 0.6) is 11.5 Å². The number of carboxylic acids is 1. The lowest BCUT2D eigenvalue weighted by Gasteiger charge is -2.31. The molecule has 1 aromatic heterocycles. The highest BCUT2D eigenvalue weighted by molar-refractivity contribution is 7.80. The predicted octanol–water partition coefficient (Wildman–Crippen LogP) is -7.29. The monoisotopic (exact) mass is 2030 g/mol. The highest BCUT2D eigenvalue weighted by Crippen LogP contribution is 2.24. The molecule has 3 aromatic carbocycles. The first kappa shape index (κ1) is 118. The average Bonchev–Trinajstić information content (AvgIpc) is 1.66. The molecule has 0 bridgehead atoms. The third kappa shape index (κ3) is 43.5. The number of nitrogens with one attached hydrogen (secondary N) is 24. The van der Waals surface area contributed by atoms with Crippen molar-refractivity contribution in [1.29, 1.82) is 27.0 Å². The van der Waals surface area contributed by atoms with E-state index in [9.17, 15) is 58.5 Å². The van der Waals surface area contributed by atoms with Gasteiger partial charge in [0.2, 0.25) is 76.8 Å². The van der Waals surface area contributed by atoms with E-state index in [0.717, 1.165) is 0 Å². The molecule has 1 saturated heterocycles. The molecular formula is C88H142N34O18S2. The number of phenolic OH excluding ortho intramolecular Hbond substituents is 2. The number of urea groups is 1. The fourth-order valence-corrected chi connectivity index (χ4v) is 15.7. The fourth-order valence-electron chi connectivity index (χ4n) is 15.2. The Hall–Kier alpha value is -14.4. The number of nitrogens with zero attached hydrogens (tertiary/aromatic N) is 1. The lowest BCUT2D eigenvalue weighted by Crippen LogP contribution is -2.61. The average molecular weight is 2030 g/mol. The number of fused-ring (bicyclic) bond motifs is 1. The second-order valence-corrected chi connectivity index (χ2v) is 34.7. The zero-order chi connectivity index (χ0) is 105. The van der Waals surface area contributed by atoms with Gasteiger partial charge in [-0.2, -0.15) is 25.3 Å². The minimum absolute atomic E-state index is 0.00291. The summed E-state index contributed by atoms with van der Waals surface area (Å²) in [6.45, 7) is 0.425. The van der Waals surface area contributed by atoms with Crippen LogP contribution in [0.3, 0.4) is 0 Å². The molecule has 1 aliphatic heterocycles. The lowest BCUT2D eigenvalue weighted by molar-refractivity contribution is -0.142. The number of phenols is 2. The van der Waals surface area contributed by atoms with Crippen LogP contribution in [0.1, 0.15) is 145 Å². The smallest absolute Gasteiger partial charge is 0.326 e. The number of likely N-dealkylation sites (tertiary alicyclic amines) is 1. The van der Waals surface area contributed by atoms with E-state index in [1.807, 2.05) is 0 Å². The number of para-hydroxylation sites is 1. The van der Waals surface area contributed by atoms with Crippen molar-refractivity contribution in [3.8, 4) is 11.5 Å². The van der Waals surface area contributed by atoms with E-state index in [2.05, 4.69) is 126 Å². The molecule has 14 atom stereocenters. The molecule has 45 N–H and O–H groups in total. The van der Waals surface area contributed by atoms with Gasteiger partial charge in [0.1, 0.15) is 90.0 Å². The maximum absolute atomic E-state index is 15.4. The molecule has 142 heavy (non-hydrogen) atoms. The van der Waals surface area contributed by atoms with Gasteiger partial charge in [0.05, 0.1) is 6.04 Å². The topological polar surface area (TPSA) is 906 Å². The van der Waals surface area contributed by atoms with Gasteiger partial charge < -0.3 is 173 Å². The maximum atomic E-state index is 15.4. The number of H-pyrrole nitrogens is 1. The van der Waals surface area contributed by atoms with E-state index in [0.29, 0.717) is 46.9 Å². The minimum atomic E-state index is -1.64. The van der Waals surface area contributed by atoms with Crippen molar-refractivity contribution in [1.82, 2.24) is 106 Å². The molecule has 784 valence electrons. The fraction of sp³-hybridized carbons (Fsp3) is 0.545. The first-order valence-electron chi connectivity index (χ1n) is 46.7. The molecule has 2 heterocycles. The number of thiol groups is 2. The molecule has 15 amide bonds. The Kier molecular flexibility index (Phi) is 52.6. The van der Waals surface area contributed by atoms with E-state index in [4.69, 9.17) is 78.6 Å². The molecule has 1 aliphatic rings. The van der Waals surface area contributed by atoms with E-state index in [-0.39, 0.29) is 217 Å². The number of aromatic nitrogens is 1. The predicted molar refractivity (Wildman–Crippen MR) is 535 cm³/mol. The molecule has 54 heteroatoms. The van der Waals surface area contributed by atoms with Crippen LogP contribution >= 0.6 is 25.3 Å². The third-order valence-corrected chi connectivity index (χ3v) is 23.5. The number of benzene rings is 3. The summed E-state index contributed by atoms with van der Waals surface area (Å²) >= 11 is 8.68. The van der Waals surface area contributed by atoms with Crippen LogP contribution in [-0.2, 0) is 86.4 Å². The Morgan fingerprint density at radius 1 is 0.373 bits per heavy atom. The maximum Gasteiger partial charge on any atom is 0.326 e. The number of aromatic hydroxyl groups is 2. The van der Waals surface area contributed by atoms with Crippen molar-refractivity contribution < 1.29 is 87.2 Å². The number of guanidine groups is 5. The Morgan fingerprint density at radius 3 is 1.06 bits per heavy atom. The lowest BCUT2D eigenvalue weighted by atomic mass is 10.0. The number of unbranched alkanes of at least 4 members (excludes halogenated alkanes) is 2. The Balaban J connectivity index is 1.46. The number of hydrogen-bond donors (Lipinski definition) is 38. The number of nitrogens with two attached hydrogens (primary N) is 9. The van der Waals surface area contributed by atoms with Crippen LogP contribution in [-0.4, -0.2) is 299 Å². The normalized spacial score (nSPS) is 14.8. The van der Waals surface area contributed by atoms with Crippen LogP contribution in [0.25, 0.3) is 10.9 Å². The van der Waals surface area contributed by atoms with Crippen LogP contribution in [0, 0.1) is 27.0 Å². The van der Waals surface area contributed by atoms with E-state index >= 15 is 28.8 Å². The van der Waals surface area contributed by atoms with Gasteiger partial charge in [-0.3, -0.25) is 89.4 Å². The number of primary amides is 1. The summed E-state index contributed by atoms with van der Waals surface area (Å²) in [5.41, 5.74) is 53.0. The standard InChI is InChI=1S/C88H142N34O18S2/c89-33-5-3-17-56(111-70(126)58(20-9-37-105-85(96)97)113-75(131)63(42-48-25-29-51(123)30-26-48)117-79(135)67(47-142)121-77(133)65(44-50-45-109-55-16-2-1-14-53(50)55)118-73(129)57(19-8-36-104-84(94)95)110-69(125)54(91)15-7-35-103-83(92)93)72(128)115-61(18-4-6-34-90)81(137)122-41-13-24-68(122)80(136)119-64(43-49-27-31-52(124)32-28-49)76(132)114-59(21-10-38-106-86(98)99)71(127)112-60(22-11-40-108-88(102)140)74(130)120-66(46-141)78(134)116-62(82(138)139)23-12-39-107-87(100)101/h1-2,14,16,25-32,45,54,56-68,109,123-124,141-142H,3-13,15,17-24,33-44,46-47,89-91H2,(H,110,125)(H,111,126)(H,112,127)(H,113,131)(H,114,132)(H,115,128)(H,116,134)(H,117,135)(H,118,129)(H,119,136)(H,120,130)(H,121,133)(H,138,139)(H4,92,93,103)(H4,94,95,104)(H4,96,97,105)(H4,98,99,106)(H4,100,101,107)(H3,102,108,140). The van der Waals surface area contributed by atoms with Gasteiger partial charge in [0.15, 0.2) is 29.8 Å². The molecule has 0 spiro atoms. The van der Waals surface area contributed by atoms with Crippen molar-refractivity contribution in [2.75, 3.05) is 70.4 Å². The van der Waals surface area contributed by atoms with Crippen LogP contribution in [0.4, 0.5) is 4.79 Å². The summed E-state index contributed by atoms with van der Waals surface area (Å²) in [5.74, 6) is -16.5. The third-order valence-electron chi connectivity index (χ3n) is 22.8. The van der Waals surface area contributed by atoms with Crippen molar-refractivity contribution in [2.45, 2.75) is 232 Å². The molecule has 52 nitrogen and oxygen atoms in total. The number of carboxylic acid groups (broad SMARTS) is 1. The Labute approximate surface area is 832 Å². The zero-order valence-electron chi connectivity index (χ0n) is 79.1. The number of aliphatic carboxylic acids is 1. The largest absolute Gasteiger partial charge is 0.508 e. The van der Waals surface area contributed by atoms with Gasteiger partial charge in [0, 0.05) is 93.7 Å². The summed E-state index contributed by atoms with van der Waals surface area (Å²) in [6.07, 6.45) is 1.64. The second kappa shape index (κ2) is 63.3. The van der Waals surface area contributed by atoms with Gasteiger partial charge in [-0.25, -0.2) is 9.59 Å². The Morgan fingerprint density at radius 2 is 0.683 bits per heavy atom. The second-order valence-electron chi connectivity index (χ2n) is 34.0. The summed E-state index contributed by atoms with van der Waals surface area (Å²) in [6, 6.07) is -3.61. The molecule has 14 unspecified atom stereocenters. The molecule has 4 aromatic rings. The quantitative estimate of drug-likeness (QED) is 0.00845. The minimum Gasteiger partial charge on any atom is -0.508 e. The molecule has 0 saturated carbocycles. The van der Waals surface area contributed by atoms with Gasteiger partial charge >= 0.3 is 12.0 Å². The first-order valence-corrected chi connectivity index (χ1v) is 48.0. The van der Waals surface area contributed by atoms with Crippen LogP contribution < -0.4 is 147 Å². The summed E-state index contributed by atoms with van der Waals surface area (Å²) in [5, 5.41) is 117. The summed E-state index contributed by atoms with van der Waals surface area (Å²) in [7, 11) is 0. The summed E-state index contributed by atoms with van der Waals surface area (Å²) in [4.78, 5) is 220. The Bertz CT molecular complexity index is 4890. The zero-order valence-corrected chi connectivity index (χ0v) is 80.9. The van der Waals surface area contributed by atoms with Crippen LogP contribution in [0.15, 0.2) is 79.0 Å². The highest BCUT2D eigenvalue weighted by Gasteiger charge is 2.42. The van der Waals surface area contributed by atoms with E-state index in [1.165, 1.54) is 53.4 Å². The molecule has 1 fully saturated rings. The van der Waals surface area contributed by atoms with Crippen molar-refractivity contribution >= 4 is 155 Å². The molecular weight excluding hydrogens is 1890 g/mol. The molecule has 5 rings (SSSR count). The van der Waals surface area contributed by atoms with E-state index in [1.54, 1.807) is 30.5 Å². The van der Waals surface area contributed by atoms with Crippen molar-refractivity contribution in [3.63, 3.8) is 0 Å². The molecule has 0 radical (unpaired) electrons. The SMILES string of the molecule is N=C(N)NCCCC(N)C(=O)NC(CCCNC(=N)N)C(=O)NC(Cc1c[nH]c2ccccc12)C(=O)NC(CS)C(=O)NC(Cc1ccc(O)cc1)C(=O)NC(CCCNC(=N)N)C(=O)NC(CCCCN)C(=O)NC(CCCCN)C(=O)N1CCCC1C(=O)NC(Cc1ccc(O)cc1)C(=O)NC(CCCNC(=N)N)C(=O)NC(CCCNC(N)=O)C(=O)NC(CS)C(=O)NC(CCCNC(=N)N)C(=O)O. The van der Waals surface area contributed by atoms with Crippen LogP contribution in [0.2, 0.25) is 0 Å². The van der Waals surface area contributed by atoms with Crippen molar-refractivity contribution in [2.24, 2.45) is 51.6 Å². The number of carbonyl (C=O) groups excluding carboxylic acids is 14. The van der Waals surface area contributed by atoms with Gasteiger partial charge in [-0.05, 0) is 189 Å². The first-order chi connectivity index (χ1) is 67.6. The number of carbonyl (C=O) groups is 15. The van der Waals surface area contributed by atoms with E-state index < -0.39 is 197 Å². The van der Waals surface area contributed by atoms with Crippen molar-refractivity contribution in [3.05, 3.63) is 95.7 Å². The van der Waals surface area contributed by atoms with Gasteiger partial charge in [-0.1, -0.05) is 42.5 Å². The van der Waals surface area contributed by atoms with Gasteiger partial charge in [0.25, 0.3) is 0 Å². The highest BCUT2D eigenvalue weighted by atomic mass is 32.1. The number of aromatic amines is 1. The number of hydrogen-bond acceptors (Lipinski definition) is 27. The number of rotatable bonds is 66.